The number of halogens is 1. The number of aromatic nitrogens is 2. The Kier molecular flexibility index (Phi) is 4.11. The number of nitrogens with two attached hydrogens (primary N) is 1. The second kappa shape index (κ2) is 5.41. The Balaban J connectivity index is 2.04. The first-order valence-electron chi connectivity index (χ1n) is 5.47. The second-order valence-corrected chi connectivity index (χ2v) is 6.19. The minimum absolute atomic E-state index is 0.376. The van der Waals surface area contributed by atoms with E-state index < -0.39 is 0 Å². The summed E-state index contributed by atoms with van der Waals surface area (Å²) in [6, 6.07) is 0. The van der Waals surface area contributed by atoms with E-state index >= 15 is 0 Å². The number of nitrogens with zero attached hydrogens (tertiary/aromatic N) is 2. The molecule has 0 radical (unpaired) electrons. The summed E-state index contributed by atoms with van der Waals surface area (Å²) in [6.45, 7) is 0.924. The van der Waals surface area contributed by atoms with Gasteiger partial charge < -0.3 is 10.7 Å². The highest BCUT2D eigenvalue weighted by molar-refractivity contribution is 9.10. The van der Waals surface area contributed by atoms with Crippen LogP contribution in [0.5, 0.6) is 0 Å². The molecule has 1 aliphatic carbocycles. The normalized spacial score (nSPS) is 17.4. The number of anilines is 2. The van der Waals surface area contributed by atoms with Crippen molar-refractivity contribution in [1.82, 2.24) is 9.97 Å². The molecule has 5 nitrogen and oxygen atoms in total. The van der Waals surface area contributed by atoms with E-state index in [-0.39, 0.29) is 0 Å². The molecule has 0 spiro atoms. The van der Waals surface area contributed by atoms with Gasteiger partial charge in [-0.25, -0.2) is 15.8 Å². The van der Waals surface area contributed by atoms with Crippen LogP contribution in [0.15, 0.2) is 10.8 Å². The number of hydrazine groups is 1. The summed E-state index contributed by atoms with van der Waals surface area (Å²) in [6.07, 6.45) is 7.53. The topological polar surface area (TPSA) is 75.9 Å². The van der Waals surface area contributed by atoms with Crippen LogP contribution in [0.2, 0.25) is 0 Å². The maximum Gasteiger partial charge on any atom is 0.159 e. The van der Waals surface area contributed by atoms with Gasteiger partial charge in [0, 0.05) is 11.3 Å². The molecular formula is C10H16BrN5S. The van der Waals surface area contributed by atoms with Crippen LogP contribution in [0.3, 0.4) is 0 Å². The molecule has 4 N–H and O–H groups in total. The van der Waals surface area contributed by atoms with Crippen molar-refractivity contribution >= 4 is 39.3 Å². The van der Waals surface area contributed by atoms with E-state index in [1.165, 1.54) is 25.6 Å². The fourth-order valence-electron chi connectivity index (χ4n) is 1.86. The average Bonchev–Trinajstić information content (AvgIpc) is 2.30. The van der Waals surface area contributed by atoms with Crippen molar-refractivity contribution in [1.29, 1.82) is 0 Å². The van der Waals surface area contributed by atoms with Crippen molar-refractivity contribution in [2.24, 2.45) is 5.84 Å². The fraction of sp³-hybridized carbons (Fsp3) is 0.600. The number of rotatable bonds is 5. The predicted octanol–water partition coefficient (Wildman–Crippen LogP) is 2.22. The summed E-state index contributed by atoms with van der Waals surface area (Å²) >= 11 is 5.37. The minimum atomic E-state index is 0.376. The van der Waals surface area contributed by atoms with Crippen LogP contribution in [-0.4, -0.2) is 27.5 Å². The molecule has 0 bridgehead atoms. The molecule has 0 amide bonds. The molecular weight excluding hydrogens is 302 g/mol. The van der Waals surface area contributed by atoms with E-state index in [4.69, 9.17) is 5.84 Å². The fourth-order valence-corrected chi connectivity index (χ4v) is 3.24. The number of thioether (sulfide) groups is 1. The van der Waals surface area contributed by atoms with Gasteiger partial charge in [0.25, 0.3) is 0 Å². The summed E-state index contributed by atoms with van der Waals surface area (Å²) in [7, 11) is 0. The van der Waals surface area contributed by atoms with Gasteiger partial charge in [-0.15, -0.1) is 0 Å². The molecule has 1 heterocycles. The van der Waals surface area contributed by atoms with E-state index in [2.05, 4.69) is 42.9 Å². The summed E-state index contributed by atoms with van der Waals surface area (Å²) in [5.41, 5.74) is 2.53. The first kappa shape index (κ1) is 12.9. The van der Waals surface area contributed by atoms with Crippen molar-refractivity contribution in [2.75, 3.05) is 23.5 Å². The molecule has 1 aromatic heterocycles. The highest BCUT2D eigenvalue weighted by atomic mass is 79.9. The lowest BCUT2D eigenvalue weighted by Gasteiger charge is -2.40. The quantitative estimate of drug-likeness (QED) is 0.571. The van der Waals surface area contributed by atoms with Crippen molar-refractivity contribution in [3.8, 4) is 0 Å². The van der Waals surface area contributed by atoms with Crippen molar-refractivity contribution < 1.29 is 0 Å². The molecule has 0 aromatic carbocycles. The largest absolute Gasteiger partial charge is 0.368 e. The highest BCUT2D eigenvalue weighted by Crippen LogP contribution is 2.43. The Hall–Kier alpha value is -0.530. The molecule has 0 atom stereocenters. The summed E-state index contributed by atoms with van der Waals surface area (Å²) in [4.78, 5) is 8.23. The molecule has 0 aliphatic heterocycles. The van der Waals surface area contributed by atoms with Crippen LogP contribution in [0, 0.1) is 0 Å². The minimum Gasteiger partial charge on any atom is -0.368 e. The van der Waals surface area contributed by atoms with Crippen LogP contribution in [0.4, 0.5) is 11.6 Å². The third kappa shape index (κ3) is 2.66. The Morgan fingerprint density at radius 1 is 1.47 bits per heavy atom. The summed E-state index contributed by atoms with van der Waals surface area (Å²) in [5.74, 6) is 6.74. The SMILES string of the molecule is CSC1(CNc2ncnc(NN)c2Br)CCC1. The predicted molar refractivity (Wildman–Crippen MR) is 76.1 cm³/mol. The van der Waals surface area contributed by atoms with Crippen molar-refractivity contribution in [3.63, 3.8) is 0 Å². The maximum absolute atomic E-state index is 5.36. The number of hydrogen-bond donors (Lipinski definition) is 3. The van der Waals surface area contributed by atoms with Crippen LogP contribution in [0.25, 0.3) is 0 Å². The molecule has 1 aliphatic rings. The smallest absolute Gasteiger partial charge is 0.159 e. The van der Waals surface area contributed by atoms with Gasteiger partial charge in [0.15, 0.2) is 5.82 Å². The highest BCUT2D eigenvalue weighted by Gasteiger charge is 2.36. The van der Waals surface area contributed by atoms with Gasteiger partial charge >= 0.3 is 0 Å². The molecule has 1 saturated carbocycles. The molecule has 7 heteroatoms. The van der Waals surface area contributed by atoms with Crippen LogP contribution < -0.4 is 16.6 Å². The summed E-state index contributed by atoms with van der Waals surface area (Å²) < 4.78 is 1.15. The number of nitrogens with one attached hydrogen (secondary N) is 2. The van der Waals surface area contributed by atoms with Gasteiger partial charge in [-0.2, -0.15) is 11.8 Å². The van der Waals surface area contributed by atoms with E-state index in [0.29, 0.717) is 10.6 Å². The van der Waals surface area contributed by atoms with E-state index in [9.17, 15) is 0 Å². The zero-order valence-corrected chi connectivity index (χ0v) is 12.1. The van der Waals surface area contributed by atoms with Gasteiger partial charge in [-0.1, -0.05) is 6.42 Å². The van der Waals surface area contributed by atoms with Gasteiger partial charge in [-0.05, 0) is 35.0 Å². The lowest BCUT2D eigenvalue weighted by molar-refractivity contribution is 0.379. The molecule has 0 unspecified atom stereocenters. The zero-order chi connectivity index (χ0) is 12.3. The van der Waals surface area contributed by atoms with Crippen molar-refractivity contribution in [2.45, 2.75) is 24.0 Å². The third-order valence-electron chi connectivity index (χ3n) is 3.20. The zero-order valence-electron chi connectivity index (χ0n) is 9.66. The van der Waals surface area contributed by atoms with E-state index in [1.807, 2.05) is 11.8 Å². The Bertz CT molecular complexity index is 391. The van der Waals surface area contributed by atoms with Crippen LogP contribution in [0.1, 0.15) is 19.3 Å². The second-order valence-electron chi connectivity index (χ2n) is 4.12. The average molecular weight is 318 g/mol. The first-order valence-corrected chi connectivity index (χ1v) is 7.49. The molecule has 1 aromatic rings. The number of hydrogen-bond acceptors (Lipinski definition) is 6. The van der Waals surface area contributed by atoms with Gasteiger partial charge in [0.1, 0.15) is 16.6 Å². The maximum atomic E-state index is 5.36. The third-order valence-corrected chi connectivity index (χ3v) is 5.37. The summed E-state index contributed by atoms with van der Waals surface area (Å²) in [5, 5.41) is 3.37. The molecule has 0 saturated heterocycles. The molecule has 1 fully saturated rings. The van der Waals surface area contributed by atoms with Crippen molar-refractivity contribution in [3.05, 3.63) is 10.8 Å². The van der Waals surface area contributed by atoms with E-state index in [1.54, 1.807) is 0 Å². The Morgan fingerprint density at radius 2 is 2.18 bits per heavy atom. The van der Waals surface area contributed by atoms with Gasteiger partial charge in [0.2, 0.25) is 0 Å². The van der Waals surface area contributed by atoms with Crippen LogP contribution in [-0.2, 0) is 0 Å². The molecule has 94 valence electrons. The monoisotopic (exact) mass is 317 g/mol. The van der Waals surface area contributed by atoms with Gasteiger partial charge in [0.05, 0.1) is 0 Å². The lowest BCUT2D eigenvalue weighted by atomic mass is 9.84. The van der Waals surface area contributed by atoms with E-state index in [0.717, 1.165) is 16.8 Å². The Morgan fingerprint density at radius 3 is 2.71 bits per heavy atom. The molecule has 2 rings (SSSR count). The molecule has 17 heavy (non-hydrogen) atoms. The standard InChI is InChI=1S/C10H16BrN5S/c1-17-10(3-2-4-10)5-13-8-7(11)9(16-12)15-6-14-8/h6H,2-5,12H2,1H3,(H2,13,14,15,16). The lowest BCUT2D eigenvalue weighted by Crippen LogP contribution is -2.40. The Labute approximate surface area is 113 Å². The first-order chi connectivity index (χ1) is 8.21. The number of nitrogen functional groups attached to an aromatic ring is 1. The van der Waals surface area contributed by atoms with Crippen LogP contribution >= 0.6 is 27.7 Å². The van der Waals surface area contributed by atoms with Gasteiger partial charge in [-0.3, -0.25) is 0 Å².